The highest BCUT2D eigenvalue weighted by Gasteiger charge is 2.12. The van der Waals surface area contributed by atoms with Crippen LogP contribution in [0, 0.1) is 0 Å². The number of hydrogen-bond donors (Lipinski definition) is 1. The monoisotopic (exact) mass is 290 g/mol. The Balaban J connectivity index is 1.94. The molecule has 6 nitrogen and oxygen atoms in total. The van der Waals surface area contributed by atoms with Gasteiger partial charge in [-0.2, -0.15) is 4.98 Å². The van der Waals surface area contributed by atoms with Crippen LogP contribution >= 0.6 is 0 Å². The molecule has 1 N–H and O–H groups in total. The number of aromatic nitrogens is 4. The molecule has 0 radical (unpaired) electrons. The Hall–Kier alpha value is -3.28. The van der Waals surface area contributed by atoms with Crippen LogP contribution < -0.4 is 0 Å². The zero-order valence-electron chi connectivity index (χ0n) is 11.3. The maximum atomic E-state index is 10.9. The van der Waals surface area contributed by atoms with Crippen molar-refractivity contribution in [3.8, 4) is 11.1 Å². The fourth-order valence-corrected chi connectivity index (χ4v) is 2.49. The van der Waals surface area contributed by atoms with Gasteiger partial charge in [-0.15, -0.1) is 5.10 Å². The van der Waals surface area contributed by atoms with Gasteiger partial charge in [-0.05, 0) is 16.3 Å². The molecule has 2 aromatic heterocycles. The number of carboxylic acids is 1. The Labute approximate surface area is 124 Å². The van der Waals surface area contributed by atoms with Crippen LogP contribution in [0.1, 0.15) is 10.6 Å². The van der Waals surface area contributed by atoms with E-state index < -0.39 is 5.97 Å². The molecule has 0 aliphatic heterocycles. The third kappa shape index (κ3) is 1.89. The summed E-state index contributed by atoms with van der Waals surface area (Å²) in [5.74, 6) is -1.17. The first kappa shape index (κ1) is 12.5. The molecule has 106 valence electrons. The smallest absolute Gasteiger partial charge is 0.375 e. The first-order valence-electron chi connectivity index (χ1n) is 6.66. The van der Waals surface area contributed by atoms with E-state index in [1.165, 1.54) is 4.52 Å². The first-order chi connectivity index (χ1) is 10.7. The van der Waals surface area contributed by atoms with Crippen LogP contribution in [-0.2, 0) is 0 Å². The highest BCUT2D eigenvalue weighted by Crippen LogP contribution is 2.27. The van der Waals surface area contributed by atoms with Gasteiger partial charge in [0.1, 0.15) is 0 Å². The maximum absolute atomic E-state index is 10.9. The molecule has 0 saturated carbocycles. The summed E-state index contributed by atoms with van der Waals surface area (Å²) in [6.45, 7) is 0. The van der Waals surface area contributed by atoms with Gasteiger partial charge in [-0.3, -0.25) is 0 Å². The maximum Gasteiger partial charge on any atom is 0.375 e. The third-order valence-corrected chi connectivity index (χ3v) is 3.49. The molecule has 22 heavy (non-hydrogen) atoms. The van der Waals surface area contributed by atoms with E-state index in [1.54, 1.807) is 12.4 Å². The Morgan fingerprint density at radius 1 is 1.09 bits per heavy atom. The van der Waals surface area contributed by atoms with Crippen LogP contribution in [0.15, 0.2) is 54.9 Å². The zero-order chi connectivity index (χ0) is 15.1. The van der Waals surface area contributed by atoms with Crippen molar-refractivity contribution in [1.82, 2.24) is 19.6 Å². The van der Waals surface area contributed by atoms with Crippen molar-refractivity contribution < 1.29 is 9.90 Å². The molecular formula is C16H10N4O2. The fourth-order valence-electron chi connectivity index (χ4n) is 2.49. The van der Waals surface area contributed by atoms with Crippen molar-refractivity contribution in [1.29, 1.82) is 0 Å². The van der Waals surface area contributed by atoms with E-state index >= 15 is 0 Å². The molecule has 0 saturated heterocycles. The van der Waals surface area contributed by atoms with Gasteiger partial charge in [0.05, 0.1) is 0 Å². The average molecular weight is 290 g/mol. The number of carboxylic acid groups (broad SMARTS) is 1. The van der Waals surface area contributed by atoms with E-state index in [0.29, 0.717) is 0 Å². The van der Waals surface area contributed by atoms with E-state index in [-0.39, 0.29) is 11.6 Å². The standard InChI is InChI=1S/C16H10N4O2/c21-15(22)14-18-16-17-8-11(9-20(16)19-14)13-7-3-5-10-4-1-2-6-12(10)13/h1-9H,(H,21,22). The van der Waals surface area contributed by atoms with Crippen molar-refractivity contribution in [2.75, 3.05) is 0 Å². The predicted octanol–water partition coefficient (Wildman–Crippen LogP) is 2.64. The van der Waals surface area contributed by atoms with Gasteiger partial charge in [0.2, 0.25) is 0 Å². The molecule has 2 aromatic carbocycles. The largest absolute Gasteiger partial charge is 0.475 e. The van der Waals surface area contributed by atoms with Crippen LogP contribution in [0.4, 0.5) is 0 Å². The summed E-state index contributed by atoms with van der Waals surface area (Å²) in [5.41, 5.74) is 1.87. The Morgan fingerprint density at radius 2 is 1.91 bits per heavy atom. The van der Waals surface area contributed by atoms with Crippen molar-refractivity contribution in [2.24, 2.45) is 0 Å². The molecule has 2 heterocycles. The molecular weight excluding hydrogens is 280 g/mol. The minimum Gasteiger partial charge on any atom is -0.475 e. The Kier molecular flexibility index (Phi) is 2.62. The second-order valence-corrected chi connectivity index (χ2v) is 4.85. The van der Waals surface area contributed by atoms with Crippen molar-refractivity contribution >= 4 is 22.5 Å². The number of fused-ring (bicyclic) bond motifs is 2. The summed E-state index contributed by atoms with van der Waals surface area (Å²) in [4.78, 5) is 19.0. The molecule has 0 unspecified atom stereocenters. The molecule has 0 aliphatic rings. The summed E-state index contributed by atoms with van der Waals surface area (Å²) in [6.07, 6.45) is 3.42. The Bertz CT molecular complexity index is 1020. The van der Waals surface area contributed by atoms with Crippen molar-refractivity contribution in [3.05, 3.63) is 60.7 Å². The summed E-state index contributed by atoms with van der Waals surface area (Å²) in [5, 5.41) is 15.1. The van der Waals surface area contributed by atoms with E-state index in [0.717, 1.165) is 21.9 Å². The van der Waals surface area contributed by atoms with Gasteiger partial charge in [0.25, 0.3) is 11.6 Å². The molecule has 0 bridgehead atoms. The summed E-state index contributed by atoms with van der Waals surface area (Å²) >= 11 is 0. The van der Waals surface area contributed by atoms with Crippen LogP contribution in [0.2, 0.25) is 0 Å². The van der Waals surface area contributed by atoms with Crippen LogP contribution in [0.5, 0.6) is 0 Å². The summed E-state index contributed by atoms with van der Waals surface area (Å²) in [7, 11) is 0. The number of aromatic carboxylic acids is 1. The van der Waals surface area contributed by atoms with E-state index in [4.69, 9.17) is 5.11 Å². The van der Waals surface area contributed by atoms with Crippen LogP contribution in [0.3, 0.4) is 0 Å². The molecule has 0 atom stereocenters. The molecule has 4 rings (SSSR count). The number of rotatable bonds is 2. The van der Waals surface area contributed by atoms with Gasteiger partial charge in [0, 0.05) is 18.0 Å². The minimum atomic E-state index is -1.17. The molecule has 0 amide bonds. The van der Waals surface area contributed by atoms with Crippen molar-refractivity contribution in [3.63, 3.8) is 0 Å². The van der Waals surface area contributed by atoms with Gasteiger partial charge in [-0.1, -0.05) is 42.5 Å². The molecule has 4 aromatic rings. The highest BCUT2D eigenvalue weighted by molar-refractivity contribution is 5.96. The van der Waals surface area contributed by atoms with Gasteiger partial charge in [0.15, 0.2) is 0 Å². The minimum absolute atomic E-state index is 0.262. The van der Waals surface area contributed by atoms with Crippen molar-refractivity contribution in [2.45, 2.75) is 0 Å². The lowest BCUT2D eigenvalue weighted by atomic mass is 10.0. The SMILES string of the molecule is O=C(O)c1nc2ncc(-c3cccc4ccccc34)cn2n1. The molecule has 0 fully saturated rings. The number of carbonyl (C=O) groups is 1. The highest BCUT2D eigenvalue weighted by atomic mass is 16.4. The molecule has 0 spiro atoms. The predicted molar refractivity (Wildman–Crippen MR) is 80.7 cm³/mol. The normalized spacial score (nSPS) is 11.1. The second-order valence-electron chi connectivity index (χ2n) is 4.85. The van der Waals surface area contributed by atoms with E-state index in [2.05, 4.69) is 15.1 Å². The molecule has 0 aliphatic carbocycles. The number of benzene rings is 2. The average Bonchev–Trinajstić information content (AvgIpc) is 2.98. The van der Waals surface area contributed by atoms with E-state index in [1.807, 2.05) is 42.5 Å². The quantitative estimate of drug-likeness (QED) is 0.614. The summed E-state index contributed by atoms with van der Waals surface area (Å²) < 4.78 is 1.39. The lowest BCUT2D eigenvalue weighted by Gasteiger charge is -2.06. The Morgan fingerprint density at radius 3 is 2.77 bits per heavy atom. The first-order valence-corrected chi connectivity index (χ1v) is 6.66. The molecule has 6 heteroatoms. The van der Waals surface area contributed by atoms with Gasteiger partial charge < -0.3 is 5.11 Å². The second kappa shape index (κ2) is 4.63. The third-order valence-electron chi connectivity index (χ3n) is 3.49. The fraction of sp³-hybridized carbons (Fsp3) is 0. The number of nitrogens with zero attached hydrogens (tertiary/aromatic N) is 4. The van der Waals surface area contributed by atoms with E-state index in [9.17, 15) is 4.79 Å². The van der Waals surface area contributed by atoms with Gasteiger partial charge in [-0.25, -0.2) is 14.3 Å². The lowest BCUT2D eigenvalue weighted by Crippen LogP contribution is -1.99. The zero-order valence-corrected chi connectivity index (χ0v) is 11.3. The number of hydrogen-bond acceptors (Lipinski definition) is 4. The summed E-state index contributed by atoms with van der Waals surface area (Å²) in [6, 6.07) is 14.1. The lowest BCUT2D eigenvalue weighted by molar-refractivity contribution is 0.0684. The topological polar surface area (TPSA) is 80.4 Å². The van der Waals surface area contributed by atoms with Crippen LogP contribution in [-0.4, -0.2) is 30.7 Å². The van der Waals surface area contributed by atoms with Crippen LogP contribution in [0.25, 0.3) is 27.7 Å². The van der Waals surface area contributed by atoms with Gasteiger partial charge >= 0.3 is 5.97 Å².